The molecule has 1 aliphatic heterocycles. The topological polar surface area (TPSA) is 58.4 Å². The molecule has 1 saturated heterocycles. The highest BCUT2D eigenvalue weighted by Crippen LogP contribution is 2.24. The summed E-state index contributed by atoms with van der Waals surface area (Å²) >= 11 is 0. The van der Waals surface area contributed by atoms with E-state index in [2.05, 4.69) is 47.5 Å². The van der Waals surface area contributed by atoms with Crippen molar-refractivity contribution in [3.05, 3.63) is 35.9 Å². The normalized spacial score (nSPS) is 20.0. The third-order valence-electron chi connectivity index (χ3n) is 4.92. The minimum absolute atomic E-state index is 0.0212. The first kappa shape index (κ1) is 18.0. The molecule has 1 aromatic carbocycles. The monoisotopic (exact) mass is 317 g/mol. The minimum Gasteiger partial charge on any atom is -0.352 e. The van der Waals surface area contributed by atoms with Gasteiger partial charge in [-0.1, -0.05) is 51.1 Å². The summed E-state index contributed by atoms with van der Waals surface area (Å²) < 4.78 is 0. The molecule has 1 fully saturated rings. The van der Waals surface area contributed by atoms with Gasteiger partial charge in [0.25, 0.3) is 0 Å². The molecule has 0 aliphatic carbocycles. The molecular weight excluding hydrogens is 286 g/mol. The Morgan fingerprint density at radius 1 is 1.22 bits per heavy atom. The van der Waals surface area contributed by atoms with Crippen molar-refractivity contribution < 1.29 is 4.79 Å². The Labute approximate surface area is 140 Å². The molecule has 3 N–H and O–H groups in total. The van der Waals surface area contributed by atoms with Crippen molar-refractivity contribution in [3.63, 3.8) is 0 Å². The van der Waals surface area contributed by atoms with E-state index in [1.165, 1.54) is 5.56 Å². The molecule has 0 bridgehead atoms. The van der Waals surface area contributed by atoms with E-state index in [1.807, 2.05) is 20.8 Å². The second-order valence-corrected chi connectivity index (χ2v) is 7.75. The van der Waals surface area contributed by atoms with Crippen molar-refractivity contribution in [1.29, 1.82) is 0 Å². The molecule has 23 heavy (non-hydrogen) atoms. The van der Waals surface area contributed by atoms with Crippen molar-refractivity contribution in [1.82, 2.24) is 10.2 Å². The molecule has 128 valence electrons. The van der Waals surface area contributed by atoms with Crippen LogP contribution in [0.15, 0.2) is 30.3 Å². The first-order valence-electron chi connectivity index (χ1n) is 8.64. The summed E-state index contributed by atoms with van der Waals surface area (Å²) in [6.07, 6.45) is 1.97. The zero-order chi connectivity index (χ0) is 17.0. The van der Waals surface area contributed by atoms with Gasteiger partial charge in [-0.3, -0.25) is 9.69 Å². The Hall–Kier alpha value is -1.39. The van der Waals surface area contributed by atoms with Crippen LogP contribution in [0.5, 0.6) is 0 Å². The third kappa shape index (κ3) is 4.79. The second kappa shape index (κ2) is 7.45. The Bertz CT molecular complexity index is 501. The lowest BCUT2D eigenvalue weighted by Crippen LogP contribution is -2.53. The Balaban J connectivity index is 1.83. The Morgan fingerprint density at radius 2 is 1.78 bits per heavy atom. The van der Waals surface area contributed by atoms with E-state index in [1.54, 1.807) is 0 Å². The second-order valence-electron chi connectivity index (χ2n) is 7.75. The molecule has 1 aliphatic rings. The molecule has 4 heteroatoms. The van der Waals surface area contributed by atoms with E-state index < -0.39 is 6.04 Å². The van der Waals surface area contributed by atoms with Gasteiger partial charge in [0, 0.05) is 25.2 Å². The van der Waals surface area contributed by atoms with Crippen molar-refractivity contribution >= 4 is 5.91 Å². The Morgan fingerprint density at radius 3 is 2.30 bits per heavy atom. The molecule has 0 spiro atoms. The fourth-order valence-corrected chi connectivity index (χ4v) is 3.06. The molecule has 1 heterocycles. The van der Waals surface area contributed by atoms with E-state index >= 15 is 0 Å². The fraction of sp³-hybridized carbons (Fsp3) is 0.632. The number of benzene rings is 1. The van der Waals surface area contributed by atoms with Crippen molar-refractivity contribution in [2.24, 2.45) is 11.1 Å². The summed E-state index contributed by atoms with van der Waals surface area (Å²) in [7, 11) is 0. The number of rotatable bonds is 4. The average Bonchev–Trinajstić information content (AvgIpc) is 2.54. The summed E-state index contributed by atoms with van der Waals surface area (Å²) in [5.41, 5.74) is 7.19. The summed E-state index contributed by atoms with van der Waals surface area (Å²) in [5, 5.41) is 3.13. The maximum atomic E-state index is 12.2. The molecular formula is C19H31N3O. The van der Waals surface area contributed by atoms with Gasteiger partial charge >= 0.3 is 0 Å². The van der Waals surface area contributed by atoms with Crippen LogP contribution in [-0.4, -0.2) is 36.0 Å². The van der Waals surface area contributed by atoms with Crippen molar-refractivity contribution in [2.45, 2.75) is 58.7 Å². The van der Waals surface area contributed by atoms with Crippen LogP contribution >= 0.6 is 0 Å². The van der Waals surface area contributed by atoms with Gasteiger partial charge in [-0.2, -0.15) is 0 Å². The van der Waals surface area contributed by atoms with Gasteiger partial charge in [0.15, 0.2) is 0 Å². The number of nitrogens with one attached hydrogen (secondary N) is 1. The predicted molar refractivity (Wildman–Crippen MR) is 95.0 cm³/mol. The van der Waals surface area contributed by atoms with E-state index in [4.69, 9.17) is 5.73 Å². The quantitative estimate of drug-likeness (QED) is 0.897. The van der Waals surface area contributed by atoms with Crippen LogP contribution in [0.25, 0.3) is 0 Å². The molecule has 1 unspecified atom stereocenters. The molecule has 2 atom stereocenters. The summed E-state index contributed by atoms with van der Waals surface area (Å²) in [6.45, 7) is 10.3. The standard InChI is InChI=1S/C19H31N3O/c1-14(15-8-6-5-7-9-15)22-12-10-16(11-13-22)21-18(23)17(20)19(2,3)4/h5-9,14,16-17H,10-13,20H2,1-4H3,(H,21,23)/t14?,17-/m1/s1. The van der Waals surface area contributed by atoms with Crippen LogP contribution in [-0.2, 0) is 4.79 Å². The van der Waals surface area contributed by atoms with Crippen LogP contribution in [0, 0.1) is 5.41 Å². The van der Waals surface area contributed by atoms with Crippen molar-refractivity contribution in [3.8, 4) is 0 Å². The number of nitrogens with zero attached hydrogens (tertiary/aromatic N) is 1. The lowest BCUT2D eigenvalue weighted by molar-refractivity contribution is -0.125. The highest BCUT2D eigenvalue weighted by atomic mass is 16.2. The molecule has 0 aromatic heterocycles. The van der Waals surface area contributed by atoms with Crippen LogP contribution in [0.2, 0.25) is 0 Å². The van der Waals surface area contributed by atoms with Gasteiger partial charge in [-0.15, -0.1) is 0 Å². The average molecular weight is 317 g/mol. The van der Waals surface area contributed by atoms with Gasteiger partial charge in [0.1, 0.15) is 0 Å². The Kier molecular flexibility index (Phi) is 5.82. The van der Waals surface area contributed by atoms with Gasteiger partial charge < -0.3 is 11.1 Å². The van der Waals surface area contributed by atoms with Gasteiger partial charge in [0.05, 0.1) is 6.04 Å². The molecule has 1 amide bonds. The highest BCUT2D eigenvalue weighted by Gasteiger charge is 2.30. The maximum Gasteiger partial charge on any atom is 0.237 e. The van der Waals surface area contributed by atoms with Crippen LogP contribution < -0.4 is 11.1 Å². The summed E-state index contributed by atoms with van der Waals surface area (Å²) in [6, 6.07) is 10.8. The van der Waals surface area contributed by atoms with Crippen molar-refractivity contribution in [2.75, 3.05) is 13.1 Å². The SMILES string of the molecule is CC(c1ccccc1)N1CCC(NC(=O)[C@@H](N)C(C)(C)C)CC1. The lowest BCUT2D eigenvalue weighted by Gasteiger charge is -2.37. The van der Waals surface area contributed by atoms with Crippen LogP contribution in [0.1, 0.15) is 52.1 Å². The number of amides is 1. The fourth-order valence-electron chi connectivity index (χ4n) is 3.06. The summed E-state index contributed by atoms with van der Waals surface area (Å²) in [4.78, 5) is 14.7. The zero-order valence-corrected chi connectivity index (χ0v) is 14.9. The number of carbonyl (C=O) groups excluding carboxylic acids is 1. The van der Waals surface area contributed by atoms with Crippen LogP contribution in [0.3, 0.4) is 0 Å². The van der Waals surface area contributed by atoms with E-state index in [0.29, 0.717) is 6.04 Å². The van der Waals surface area contributed by atoms with Gasteiger partial charge in [-0.25, -0.2) is 0 Å². The zero-order valence-electron chi connectivity index (χ0n) is 14.9. The maximum absolute atomic E-state index is 12.2. The van der Waals surface area contributed by atoms with Crippen LogP contribution in [0.4, 0.5) is 0 Å². The smallest absolute Gasteiger partial charge is 0.237 e. The van der Waals surface area contributed by atoms with Gasteiger partial charge in [-0.05, 0) is 30.7 Å². The first-order chi connectivity index (χ1) is 10.8. The van der Waals surface area contributed by atoms with E-state index in [-0.39, 0.29) is 17.4 Å². The van der Waals surface area contributed by atoms with E-state index in [9.17, 15) is 4.79 Å². The largest absolute Gasteiger partial charge is 0.352 e. The molecule has 4 nitrogen and oxygen atoms in total. The first-order valence-corrected chi connectivity index (χ1v) is 8.64. The number of piperidine rings is 1. The molecule has 0 saturated carbocycles. The van der Waals surface area contributed by atoms with E-state index in [0.717, 1.165) is 25.9 Å². The number of hydrogen-bond donors (Lipinski definition) is 2. The minimum atomic E-state index is -0.455. The number of carbonyl (C=O) groups is 1. The summed E-state index contributed by atoms with van der Waals surface area (Å²) in [5.74, 6) is -0.0212. The third-order valence-corrected chi connectivity index (χ3v) is 4.92. The molecule has 0 radical (unpaired) electrons. The molecule has 1 aromatic rings. The molecule has 2 rings (SSSR count). The highest BCUT2D eigenvalue weighted by molar-refractivity contribution is 5.82. The predicted octanol–water partition coefficient (Wildman–Crippen LogP) is 2.70. The number of likely N-dealkylation sites (tertiary alicyclic amines) is 1. The van der Waals surface area contributed by atoms with Gasteiger partial charge in [0.2, 0.25) is 5.91 Å². The number of nitrogens with two attached hydrogens (primary N) is 1. The lowest BCUT2D eigenvalue weighted by atomic mass is 9.86. The number of hydrogen-bond acceptors (Lipinski definition) is 3.